The van der Waals surface area contributed by atoms with Crippen molar-refractivity contribution in [3.8, 4) is 33.5 Å². The Balaban J connectivity index is 1.57. The molecule has 0 radical (unpaired) electrons. The second-order valence-electron chi connectivity index (χ2n) is 9.88. The molecule has 0 aliphatic heterocycles. The van der Waals surface area contributed by atoms with Crippen molar-refractivity contribution in [2.45, 2.75) is 19.3 Å². The van der Waals surface area contributed by atoms with Gasteiger partial charge in [0.15, 0.2) is 0 Å². The fourth-order valence-electron chi connectivity index (χ4n) is 5.84. The molecule has 0 N–H and O–H groups in total. The van der Waals surface area contributed by atoms with Crippen LogP contribution in [0.3, 0.4) is 0 Å². The number of hydrogen-bond acceptors (Lipinski definition) is 2. The predicted molar refractivity (Wildman–Crippen MR) is 145 cm³/mol. The lowest BCUT2D eigenvalue weighted by atomic mass is 9.78. The number of nitrogens with zero attached hydrogens (tertiary/aromatic N) is 2. The summed E-state index contributed by atoms with van der Waals surface area (Å²) in [6.07, 6.45) is 3.69. The van der Waals surface area contributed by atoms with Crippen LogP contribution in [0.15, 0.2) is 109 Å². The SMILES string of the molecule is CC1(C)c2ccccc2-c2nc3c(ccc4ccccc43)c(-c3ccc(-c4ccncc4)cc3)c21. The summed E-state index contributed by atoms with van der Waals surface area (Å²) < 4.78 is 0. The van der Waals surface area contributed by atoms with E-state index in [1.54, 1.807) is 0 Å². The van der Waals surface area contributed by atoms with Gasteiger partial charge in [-0.25, -0.2) is 4.98 Å². The highest BCUT2D eigenvalue weighted by Crippen LogP contribution is 2.53. The van der Waals surface area contributed by atoms with Crippen molar-refractivity contribution in [2.24, 2.45) is 0 Å². The third-order valence-corrected chi connectivity index (χ3v) is 7.55. The van der Waals surface area contributed by atoms with Crippen molar-refractivity contribution in [3.05, 3.63) is 121 Å². The summed E-state index contributed by atoms with van der Waals surface area (Å²) in [5, 5.41) is 3.63. The van der Waals surface area contributed by atoms with Crippen LogP contribution in [-0.4, -0.2) is 9.97 Å². The highest BCUT2D eigenvalue weighted by molar-refractivity contribution is 6.13. The molecular formula is C33H24N2. The molecule has 2 heterocycles. The van der Waals surface area contributed by atoms with Crippen LogP contribution in [0.2, 0.25) is 0 Å². The van der Waals surface area contributed by atoms with Crippen LogP contribution in [0, 0.1) is 0 Å². The van der Waals surface area contributed by atoms with Gasteiger partial charge >= 0.3 is 0 Å². The summed E-state index contributed by atoms with van der Waals surface area (Å²) >= 11 is 0. The molecule has 1 aliphatic carbocycles. The van der Waals surface area contributed by atoms with Gasteiger partial charge in [-0.2, -0.15) is 0 Å². The maximum Gasteiger partial charge on any atom is 0.0794 e. The number of rotatable bonds is 2. The lowest BCUT2D eigenvalue weighted by Gasteiger charge is -2.25. The molecule has 0 unspecified atom stereocenters. The molecule has 0 fully saturated rings. The van der Waals surface area contributed by atoms with Crippen molar-refractivity contribution in [1.82, 2.24) is 9.97 Å². The van der Waals surface area contributed by atoms with E-state index in [0.717, 1.165) is 11.2 Å². The molecule has 35 heavy (non-hydrogen) atoms. The van der Waals surface area contributed by atoms with Crippen LogP contribution in [0.4, 0.5) is 0 Å². The number of benzene rings is 4. The lowest BCUT2D eigenvalue weighted by Crippen LogP contribution is -2.16. The fourth-order valence-corrected chi connectivity index (χ4v) is 5.84. The minimum absolute atomic E-state index is 0.141. The number of aromatic nitrogens is 2. The van der Waals surface area contributed by atoms with Crippen LogP contribution >= 0.6 is 0 Å². The molecule has 2 nitrogen and oxygen atoms in total. The predicted octanol–water partition coefficient (Wildman–Crippen LogP) is 8.42. The first kappa shape index (κ1) is 20.1. The third-order valence-electron chi connectivity index (χ3n) is 7.55. The molecular weight excluding hydrogens is 424 g/mol. The van der Waals surface area contributed by atoms with E-state index in [-0.39, 0.29) is 5.41 Å². The van der Waals surface area contributed by atoms with Crippen LogP contribution in [0.25, 0.3) is 55.2 Å². The van der Waals surface area contributed by atoms with Crippen LogP contribution in [-0.2, 0) is 5.41 Å². The van der Waals surface area contributed by atoms with Gasteiger partial charge in [0.2, 0.25) is 0 Å². The maximum absolute atomic E-state index is 5.37. The summed E-state index contributed by atoms with van der Waals surface area (Å²) in [7, 11) is 0. The minimum Gasteiger partial charge on any atom is -0.265 e. The van der Waals surface area contributed by atoms with Crippen molar-refractivity contribution in [3.63, 3.8) is 0 Å². The molecule has 0 bridgehead atoms. The fraction of sp³-hybridized carbons (Fsp3) is 0.0909. The third kappa shape index (κ3) is 2.90. The van der Waals surface area contributed by atoms with Crippen LogP contribution < -0.4 is 0 Å². The van der Waals surface area contributed by atoms with E-state index in [9.17, 15) is 0 Å². The summed E-state index contributed by atoms with van der Waals surface area (Å²) in [5.41, 5.74) is 10.8. The molecule has 6 aromatic rings. The second-order valence-corrected chi connectivity index (χ2v) is 9.88. The van der Waals surface area contributed by atoms with Gasteiger partial charge < -0.3 is 0 Å². The Morgan fingerprint density at radius 2 is 1.29 bits per heavy atom. The highest BCUT2D eigenvalue weighted by Gasteiger charge is 2.39. The first-order valence-electron chi connectivity index (χ1n) is 12.1. The zero-order valence-corrected chi connectivity index (χ0v) is 19.8. The summed E-state index contributed by atoms with van der Waals surface area (Å²) in [5.74, 6) is 0. The molecule has 0 spiro atoms. The van der Waals surface area contributed by atoms with E-state index < -0.39 is 0 Å². The molecule has 4 aromatic carbocycles. The van der Waals surface area contributed by atoms with E-state index >= 15 is 0 Å². The van der Waals surface area contributed by atoms with Crippen molar-refractivity contribution >= 4 is 21.7 Å². The van der Waals surface area contributed by atoms with Gasteiger partial charge in [0.1, 0.15) is 0 Å². The Morgan fingerprint density at radius 1 is 0.600 bits per heavy atom. The first-order valence-corrected chi connectivity index (χ1v) is 12.1. The van der Waals surface area contributed by atoms with Gasteiger partial charge in [-0.1, -0.05) is 98.8 Å². The Labute approximate surface area is 204 Å². The van der Waals surface area contributed by atoms with Crippen LogP contribution in [0.5, 0.6) is 0 Å². The Morgan fingerprint density at radius 3 is 2.11 bits per heavy atom. The summed E-state index contributed by atoms with van der Waals surface area (Å²) in [6.45, 7) is 4.67. The van der Waals surface area contributed by atoms with Crippen molar-refractivity contribution < 1.29 is 0 Å². The molecule has 166 valence electrons. The maximum atomic E-state index is 5.37. The Kier molecular flexibility index (Phi) is 4.22. The first-order chi connectivity index (χ1) is 17.1. The molecule has 2 heteroatoms. The molecule has 0 atom stereocenters. The summed E-state index contributed by atoms with van der Waals surface area (Å²) in [6, 6.07) is 34.9. The van der Waals surface area contributed by atoms with Crippen molar-refractivity contribution in [2.75, 3.05) is 0 Å². The standard InChI is InChI=1S/C33H24N2/c1-33(2)28-10-6-5-9-26(28)32-30(33)29(24-13-11-21(12-14-24)22-17-19-34-20-18-22)27-16-15-23-7-3-4-8-25(23)31(27)35-32/h3-20H,1-2H3. The summed E-state index contributed by atoms with van der Waals surface area (Å²) in [4.78, 5) is 9.53. The largest absolute Gasteiger partial charge is 0.265 e. The topological polar surface area (TPSA) is 25.8 Å². The molecule has 1 aliphatic rings. The van der Waals surface area contributed by atoms with Gasteiger partial charge in [-0.05, 0) is 50.9 Å². The lowest BCUT2D eigenvalue weighted by molar-refractivity contribution is 0.662. The minimum atomic E-state index is -0.141. The van der Waals surface area contributed by atoms with Gasteiger partial charge in [0.05, 0.1) is 11.2 Å². The molecule has 7 rings (SSSR count). The normalized spacial score (nSPS) is 13.7. The van der Waals surface area contributed by atoms with Gasteiger partial charge in [0.25, 0.3) is 0 Å². The number of fused-ring (bicyclic) bond motifs is 6. The highest BCUT2D eigenvalue weighted by atomic mass is 14.7. The number of pyridine rings is 2. The Bertz CT molecular complexity index is 1750. The molecule has 2 aromatic heterocycles. The number of hydrogen-bond donors (Lipinski definition) is 0. The van der Waals surface area contributed by atoms with E-state index in [4.69, 9.17) is 4.98 Å². The van der Waals surface area contributed by atoms with E-state index in [1.807, 2.05) is 12.4 Å². The van der Waals surface area contributed by atoms with Crippen molar-refractivity contribution in [1.29, 1.82) is 0 Å². The zero-order chi connectivity index (χ0) is 23.6. The van der Waals surface area contributed by atoms with E-state index in [1.165, 1.54) is 55.1 Å². The quantitative estimate of drug-likeness (QED) is 0.248. The van der Waals surface area contributed by atoms with Crippen LogP contribution in [0.1, 0.15) is 25.0 Å². The Hall–Kier alpha value is -4.30. The monoisotopic (exact) mass is 448 g/mol. The molecule has 0 saturated carbocycles. The smallest absolute Gasteiger partial charge is 0.0794 e. The second kappa shape index (κ2) is 7.35. The van der Waals surface area contributed by atoms with Gasteiger partial charge in [-0.3, -0.25) is 4.98 Å². The van der Waals surface area contributed by atoms with E-state index in [0.29, 0.717) is 0 Å². The van der Waals surface area contributed by atoms with E-state index in [2.05, 4.69) is 116 Å². The average molecular weight is 449 g/mol. The molecule has 0 saturated heterocycles. The average Bonchev–Trinajstić information content (AvgIpc) is 3.14. The van der Waals surface area contributed by atoms with Gasteiger partial charge in [-0.15, -0.1) is 0 Å². The molecule has 0 amide bonds. The zero-order valence-electron chi connectivity index (χ0n) is 19.8. The van der Waals surface area contributed by atoms with Gasteiger partial charge in [0, 0.05) is 34.1 Å².